The number of alkyl halides is 3. The molecule has 2 aromatic heterocycles. The number of piperazine rings is 1. The van der Waals surface area contributed by atoms with E-state index < -0.39 is 11.7 Å². The lowest BCUT2D eigenvalue weighted by Gasteiger charge is -2.34. The number of imidazole rings is 1. The SMILES string of the molecule is Cn1cnc2c1c(=O)n(CCCN1CCN(Cc3cccc(C(F)(F)F)c3)CC1)c(=O)n2C. The molecule has 0 atom stereocenters. The van der Waals surface area contributed by atoms with E-state index in [1.807, 2.05) is 0 Å². The molecule has 3 heterocycles. The zero-order valence-corrected chi connectivity index (χ0v) is 18.7. The van der Waals surface area contributed by atoms with Crippen LogP contribution in [0.4, 0.5) is 13.2 Å². The molecular weight excluding hydrogens is 437 g/mol. The van der Waals surface area contributed by atoms with Crippen LogP contribution in [0.3, 0.4) is 0 Å². The van der Waals surface area contributed by atoms with Gasteiger partial charge in [-0.05, 0) is 24.6 Å². The van der Waals surface area contributed by atoms with Gasteiger partial charge in [0.1, 0.15) is 0 Å². The van der Waals surface area contributed by atoms with Gasteiger partial charge in [0.25, 0.3) is 5.56 Å². The molecule has 11 heteroatoms. The fraction of sp³-hybridized carbons (Fsp3) is 0.500. The second-order valence-corrected chi connectivity index (χ2v) is 8.50. The molecule has 1 aliphatic heterocycles. The van der Waals surface area contributed by atoms with E-state index in [0.29, 0.717) is 36.2 Å². The van der Waals surface area contributed by atoms with Gasteiger partial charge in [-0.2, -0.15) is 13.2 Å². The maximum Gasteiger partial charge on any atom is 0.416 e. The van der Waals surface area contributed by atoms with Gasteiger partial charge < -0.3 is 9.47 Å². The molecule has 178 valence electrons. The Morgan fingerprint density at radius 3 is 2.39 bits per heavy atom. The minimum absolute atomic E-state index is 0.317. The molecule has 0 radical (unpaired) electrons. The summed E-state index contributed by atoms with van der Waals surface area (Å²) in [6.45, 7) is 4.60. The largest absolute Gasteiger partial charge is 0.416 e. The van der Waals surface area contributed by atoms with E-state index in [2.05, 4.69) is 14.8 Å². The number of fused-ring (bicyclic) bond motifs is 1. The lowest BCUT2D eigenvalue weighted by atomic mass is 10.1. The van der Waals surface area contributed by atoms with Gasteiger partial charge in [0.2, 0.25) is 0 Å². The van der Waals surface area contributed by atoms with Gasteiger partial charge in [-0.15, -0.1) is 0 Å². The summed E-state index contributed by atoms with van der Waals surface area (Å²) in [4.78, 5) is 33.9. The van der Waals surface area contributed by atoms with Gasteiger partial charge in [-0.25, -0.2) is 9.78 Å². The first-order valence-electron chi connectivity index (χ1n) is 10.9. The highest BCUT2D eigenvalue weighted by Crippen LogP contribution is 2.29. The Morgan fingerprint density at radius 1 is 1.00 bits per heavy atom. The van der Waals surface area contributed by atoms with Crippen molar-refractivity contribution in [1.82, 2.24) is 28.5 Å². The van der Waals surface area contributed by atoms with Crippen LogP contribution < -0.4 is 11.2 Å². The number of hydrogen-bond acceptors (Lipinski definition) is 5. The van der Waals surface area contributed by atoms with Gasteiger partial charge in [0.05, 0.1) is 11.9 Å². The zero-order chi connectivity index (χ0) is 23.8. The molecule has 0 N–H and O–H groups in total. The van der Waals surface area contributed by atoms with Gasteiger partial charge in [-0.1, -0.05) is 18.2 Å². The predicted octanol–water partition coefficient (Wildman–Crippen LogP) is 1.66. The number of halogens is 3. The van der Waals surface area contributed by atoms with Gasteiger partial charge in [0, 0.05) is 53.4 Å². The topological polar surface area (TPSA) is 68.3 Å². The summed E-state index contributed by atoms with van der Waals surface area (Å²) in [6, 6.07) is 5.47. The smallest absolute Gasteiger partial charge is 0.328 e. The van der Waals surface area contributed by atoms with Crippen molar-refractivity contribution in [2.24, 2.45) is 14.1 Å². The van der Waals surface area contributed by atoms with Crippen molar-refractivity contribution in [1.29, 1.82) is 0 Å². The average molecular weight is 464 g/mol. The summed E-state index contributed by atoms with van der Waals surface area (Å²) >= 11 is 0. The molecule has 0 spiro atoms. The Kier molecular flexibility index (Phi) is 6.44. The maximum atomic E-state index is 12.9. The van der Waals surface area contributed by atoms with Crippen molar-refractivity contribution in [2.45, 2.75) is 25.7 Å². The number of aryl methyl sites for hydroxylation is 2. The number of nitrogens with zero attached hydrogens (tertiary/aromatic N) is 6. The molecule has 33 heavy (non-hydrogen) atoms. The normalized spacial score (nSPS) is 16.0. The summed E-state index contributed by atoms with van der Waals surface area (Å²) in [7, 11) is 3.33. The Hall–Kier alpha value is -2.92. The number of benzene rings is 1. The molecule has 3 aromatic rings. The second kappa shape index (κ2) is 9.14. The van der Waals surface area contributed by atoms with Crippen LogP contribution in [0.1, 0.15) is 17.5 Å². The molecule has 0 aliphatic carbocycles. The average Bonchev–Trinajstić information content (AvgIpc) is 3.17. The second-order valence-electron chi connectivity index (χ2n) is 8.50. The van der Waals surface area contributed by atoms with E-state index in [1.165, 1.54) is 27.6 Å². The first kappa shape index (κ1) is 23.2. The van der Waals surface area contributed by atoms with Crippen LogP contribution in [0.2, 0.25) is 0 Å². The highest BCUT2D eigenvalue weighted by atomic mass is 19.4. The maximum absolute atomic E-state index is 12.9. The van der Waals surface area contributed by atoms with Crippen molar-refractivity contribution in [3.8, 4) is 0 Å². The summed E-state index contributed by atoms with van der Waals surface area (Å²) < 4.78 is 43.0. The van der Waals surface area contributed by atoms with Crippen LogP contribution >= 0.6 is 0 Å². The van der Waals surface area contributed by atoms with Crippen molar-refractivity contribution < 1.29 is 13.2 Å². The van der Waals surface area contributed by atoms with Crippen LogP contribution in [0, 0.1) is 0 Å². The molecule has 0 bridgehead atoms. The highest BCUT2D eigenvalue weighted by molar-refractivity contribution is 5.69. The third-order valence-corrected chi connectivity index (χ3v) is 6.18. The monoisotopic (exact) mass is 464 g/mol. The summed E-state index contributed by atoms with van der Waals surface area (Å²) in [5, 5.41) is 0. The minimum atomic E-state index is -4.33. The van der Waals surface area contributed by atoms with Crippen LogP contribution in [0.15, 0.2) is 40.2 Å². The summed E-state index contributed by atoms with van der Waals surface area (Å²) in [5.74, 6) is 0. The fourth-order valence-corrected chi connectivity index (χ4v) is 4.32. The standard InChI is InChI=1S/C22H27F3N6O2/c1-27-15-26-19-18(27)20(32)31(21(33)28(19)2)8-4-7-29-9-11-30(12-10-29)14-16-5-3-6-17(13-16)22(23,24)25/h3,5-6,13,15H,4,7-12,14H2,1-2H3. The molecule has 1 aliphatic rings. The molecule has 4 rings (SSSR count). The summed E-state index contributed by atoms with van der Waals surface area (Å²) in [5.41, 5.74) is 0.0976. The predicted molar refractivity (Wildman–Crippen MR) is 118 cm³/mol. The highest BCUT2D eigenvalue weighted by Gasteiger charge is 2.30. The van der Waals surface area contributed by atoms with Crippen LogP contribution in [0.25, 0.3) is 11.2 Å². The third kappa shape index (κ3) is 4.88. The third-order valence-electron chi connectivity index (χ3n) is 6.18. The number of aromatic nitrogens is 4. The van der Waals surface area contributed by atoms with E-state index in [9.17, 15) is 22.8 Å². The van der Waals surface area contributed by atoms with E-state index >= 15 is 0 Å². The van der Waals surface area contributed by atoms with Crippen LogP contribution in [0.5, 0.6) is 0 Å². The van der Waals surface area contributed by atoms with E-state index in [-0.39, 0.29) is 11.2 Å². The molecule has 1 saturated heterocycles. The van der Waals surface area contributed by atoms with Crippen molar-refractivity contribution in [3.63, 3.8) is 0 Å². The van der Waals surface area contributed by atoms with Crippen molar-refractivity contribution in [3.05, 3.63) is 62.6 Å². The van der Waals surface area contributed by atoms with E-state index in [0.717, 1.165) is 38.8 Å². The van der Waals surface area contributed by atoms with Crippen molar-refractivity contribution >= 4 is 11.2 Å². The van der Waals surface area contributed by atoms with Crippen molar-refractivity contribution in [2.75, 3.05) is 32.7 Å². The Bertz CT molecular complexity index is 1250. The Balaban J connectivity index is 1.31. The molecular formula is C22H27F3N6O2. The molecule has 8 nitrogen and oxygen atoms in total. The van der Waals surface area contributed by atoms with Gasteiger partial charge in [-0.3, -0.25) is 18.8 Å². The molecule has 1 fully saturated rings. The lowest BCUT2D eigenvalue weighted by Crippen LogP contribution is -2.46. The summed E-state index contributed by atoms with van der Waals surface area (Å²) in [6.07, 6.45) is -2.17. The lowest BCUT2D eigenvalue weighted by molar-refractivity contribution is -0.137. The first-order chi connectivity index (χ1) is 15.6. The molecule has 0 unspecified atom stereocenters. The van der Waals surface area contributed by atoms with Gasteiger partial charge in [0.15, 0.2) is 11.2 Å². The van der Waals surface area contributed by atoms with Crippen LogP contribution in [-0.2, 0) is 33.4 Å². The van der Waals surface area contributed by atoms with Gasteiger partial charge >= 0.3 is 11.9 Å². The first-order valence-corrected chi connectivity index (χ1v) is 10.9. The number of hydrogen-bond donors (Lipinski definition) is 0. The van der Waals surface area contributed by atoms with E-state index in [1.54, 1.807) is 24.7 Å². The Labute approximate surface area is 188 Å². The molecule has 1 aromatic carbocycles. The quantitative estimate of drug-likeness (QED) is 0.555. The Morgan fingerprint density at radius 2 is 1.70 bits per heavy atom. The molecule has 0 saturated carbocycles. The van der Waals surface area contributed by atoms with Crippen LogP contribution in [-0.4, -0.2) is 61.2 Å². The molecule has 0 amide bonds. The van der Waals surface area contributed by atoms with E-state index in [4.69, 9.17) is 0 Å². The number of rotatable bonds is 6. The minimum Gasteiger partial charge on any atom is -0.328 e. The fourth-order valence-electron chi connectivity index (χ4n) is 4.32. The zero-order valence-electron chi connectivity index (χ0n) is 18.7.